The fourth-order valence-electron chi connectivity index (χ4n) is 4.80. The molecule has 40 heavy (non-hydrogen) atoms. The van der Waals surface area contributed by atoms with Crippen molar-refractivity contribution in [1.29, 1.82) is 0 Å². The zero-order valence-electron chi connectivity index (χ0n) is 19.5. The number of halogens is 12. The van der Waals surface area contributed by atoms with E-state index in [9.17, 15) is 52.7 Å². The summed E-state index contributed by atoms with van der Waals surface area (Å²) >= 11 is 0. The van der Waals surface area contributed by atoms with E-state index in [-0.39, 0.29) is 27.3 Å². The van der Waals surface area contributed by atoms with Crippen LogP contribution in [0.25, 0.3) is 43.4 Å². The van der Waals surface area contributed by atoms with Crippen molar-refractivity contribution in [3.05, 3.63) is 95.1 Å². The molecule has 0 unspecified atom stereocenters. The van der Waals surface area contributed by atoms with Crippen molar-refractivity contribution in [2.24, 2.45) is 0 Å². The van der Waals surface area contributed by atoms with E-state index in [1.54, 1.807) is 0 Å². The number of hydrogen-bond acceptors (Lipinski definition) is 0. The Morgan fingerprint density at radius 3 is 1.20 bits per heavy atom. The molecule has 0 fully saturated rings. The lowest BCUT2D eigenvalue weighted by Crippen LogP contribution is -2.09. The maximum atomic E-state index is 14.2. The van der Waals surface area contributed by atoms with Crippen molar-refractivity contribution >= 4 is 32.3 Å². The highest BCUT2D eigenvalue weighted by Gasteiger charge is 2.37. The van der Waals surface area contributed by atoms with Gasteiger partial charge in [-0.15, -0.1) is 0 Å². The molecule has 0 N–H and O–H groups in total. The van der Waals surface area contributed by atoms with Gasteiger partial charge in [-0.3, -0.25) is 0 Å². The van der Waals surface area contributed by atoms with Crippen LogP contribution in [0.5, 0.6) is 0 Å². The third-order valence-corrected chi connectivity index (χ3v) is 6.56. The van der Waals surface area contributed by atoms with Gasteiger partial charge in [-0.05, 0) is 80.5 Å². The van der Waals surface area contributed by atoms with Crippen LogP contribution < -0.4 is 0 Å². The average Bonchev–Trinajstić information content (AvgIpc) is 2.85. The van der Waals surface area contributed by atoms with Crippen LogP contribution in [0.4, 0.5) is 52.7 Å². The minimum Gasteiger partial charge on any atom is -0.166 e. The Kier molecular flexibility index (Phi) is 6.05. The van der Waals surface area contributed by atoms with Crippen LogP contribution in [0, 0.1) is 0 Å². The smallest absolute Gasteiger partial charge is 0.166 e. The summed E-state index contributed by atoms with van der Waals surface area (Å²) in [7, 11) is 0. The summed E-state index contributed by atoms with van der Waals surface area (Å²) in [6, 6.07) is 8.75. The second-order valence-corrected chi connectivity index (χ2v) is 9.00. The average molecular weight is 576 g/mol. The molecule has 0 aromatic heterocycles. The van der Waals surface area contributed by atoms with Gasteiger partial charge in [0.15, 0.2) is 0 Å². The molecule has 0 bridgehead atoms. The zero-order chi connectivity index (χ0) is 29.4. The molecule has 5 aromatic carbocycles. The molecule has 208 valence electrons. The topological polar surface area (TPSA) is 0 Å². The van der Waals surface area contributed by atoms with Gasteiger partial charge in [-0.1, -0.05) is 30.3 Å². The molecule has 0 aliphatic carbocycles. The molecule has 12 heteroatoms. The summed E-state index contributed by atoms with van der Waals surface area (Å²) in [5.41, 5.74) is -5.31. The third kappa shape index (κ3) is 4.69. The third-order valence-electron chi connectivity index (χ3n) is 6.56. The minimum atomic E-state index is -5.15. The first-order valence-electron chi connectivity index (χ1n) is 11.2. The quantitative estimate of drug-likeness (QED) is 0.138. The molecule has 0 atom stereocenters. The van der Waals surface area contributed by atoms with Crippen molar-refractivity contribution in [2.75, 3.05) is 0 Å². The Morgan fingerprint density at radius 1 is 0.350 bits per heavy atom. The van der Waals surface area contributed by atoms with E-state index in [0.29, 0.717) is 42.5 Å². The van der Waals surface area contributed by atoms with E-state index in [4.69, 9.17) is 0 Å². The lowest BCUT2D eigenvalue weighted by molar-refractivity contribution is -0.138. The van der Waals surface area contributed by atoms with Crippen LogP contribution in [0.1, 0.15) is 22.3 Å². The highest BCUT2D eigenvalue weighted by Crippen LogP contribution is 2.48. The highest BCUT2D eigenvalue weighted by molar-refractivity contribution is 6.29. The predicted octanol–water partition coefficient (Wildman–Crippen LogP) is 10.9. The van der Waals surface area contributed by atoms with Crippen LogP contribution in [-0.4, -0.2) is 0 Å². The molecule has 0 saturated carbocycles. The van der Waals surface area contributed by atoms with E-state index < -0.39 is 63.1 Å². The number of benzene rings is 5. The summed E-state index contributed by atoms with van der Waals surface area (Å²) in [6.07, 6.45) is -19.8. The van der Waals surface area contributed by atoms with E-state index in [2.05, 4.69) is 0 Å². The monoisotopic (exact) mass is 576 g/mol. The summed E-state index contributed by atoms with van der Waals surface area (Å²) in [6.45, 7) is 0. The van der Waals surface area contributed by atoms with Crippen molar-refractivity contribution < 1.29 is 52.7 Å². The molecule has 0 amide bonds. The minimum absolute atomic E-state index is 0.0725. The predicted molar refractivity (Wildman–Crippen MR) is 124 cm³/mol. The number of alkyl halides is 12. The molecule has 5 aromatic rings. The number of fused-ring (bicyclic) bond motifs is 6. The maximum absolute atomic E-state index is 14.2. The zero-order valence-corrected chi connectivity index (χ0v) is 19.5. The Bertz CT molecular complexity index is 1770. The van der Waals surface area contributed by atoms with Crippen molar-refractivity contribution in [1.82, 2.24) is 0 Å². The van der Waals surface area contributed by atoms with Crippen LogP contribution in [-0.2, 0) is 24.7 Å². The summed E-state index contributed by atoms with van der Waals surface area (Å²) in [5.74, 6) is 0. The molecule has 0 aliphatic heterocycles. The van der Waals surface area contributed by atoms with Crippen molar-refractivity contribution in [2.45, 2.75) is 24.7 Å². The molecular weight excluding hydrogens is 564 g/mol. The summed E-state index contributed by atoms with van der Waals surface area (Å²) in [5, 5.41) is -2.42. The Balaban J connectivity index is 2.04. The van der Waals surface area contributed by atoms with E-state index in [0.717, 1.165) is 30.3 Å². The van der Waals surface area contributed by atoms with Gasteiger partial charge in [-0.2, -0.15) is 52.7 Å². The van der Waals surface area contributed by atoms with Crippen LogP contribution in [0.3, 0.4) is 0 Å². The van der Waals surface area contributed by atoms with E-state index in [1.807, 2.05) is 0 Å². The molecule has 5 rings (SSSR count). The molecule has 0 aliphatic rings. The summed E-state index contributed by atoms with van der Waals surface area (Å²) in [4.78, 5) is 0. The van der Waals surface area contributed by atoms with Crippen molar-refractivity contribution in [3.8, 4) is 11.1 Å². The normalized spacial score (nSPS) is 13.5. The van der Waals surface area contributed by atoms with E-state index >= 15 is 0 Å². The van der Waals surface area contributed by atoms with Crippen LogP contribution in [0.2, 0.25) is 0 Å². The van der Waals surface area contributed by atoms with E-state index in [1.165, 1.54) is 0 Å². The Hall–Kier alpha value is -3.96. The van der Waals surface area contributed by atoms with Gasteiger partial charge in [0.05, 0.1) is 22.3 Å². The SMILES string of the molecule is FC(F)(F)c1ccc(-c2ccc(C(F)(F)F)c3c4cc(C(F)(F)F)ccc4c4ccc(C(F)(F)F)cc4c23)cc1. The molecular formula is C28H12F12. The largest absolute Gasteiger partial charge is 0.417 e. The van der Waals surface area contributed by atoms with Gasteiger partial charge < -0.3 is 0 Å². The van der Waals surface area contributed by atoms with Gasteiger partial charge in [-0.25, -0.2) is 0 Å². The number of rotatable bonds is 1. The molecule has 0 heterocycles. The van der Waals surface area contributed by atoms with Gasteiger partial charge in [0.1, 0.15) is 0 Å². The second kappa shape index (κ2) is 8.77. The van der Waals surface area contributed by atoms with Crippen LogP contribution >= 0.6 is 0 Å². The Morgan fingerprint density at radius 2 is 0.775 bits per heavy atom. The maximum Gasteiger partial charge on any atom is 0.417 e. The first kappa shape index (κ1) is 27.6. The number of hydrogen-bond donors (Lipinski definition) is 0. The first-order chi connectivity index (χ1) is 18.4. The lowest BCUT2D eigenvalue weighted by Gasteiger charge is -2.20. The molecule has 0 saturated heterocycles. The lowest BCUT2D eigenvalue weighted by atomic mass is 9.85. The first-order valence-corrected chi connectivity index (χ1v) is 11.2. The molecule has 0 spiro atoms. The second-order valence-electron chi connectivity index (χ2n) is 9.00. The van der Waals surface area contributed by atoms with Gasteiger partial charge in [0.25, 0.3) is 0 Å². The standard InChI is InChI=1S/C28H12F12/c29-25(30,31)14-3-1-13(2-4-14)17-9-10-22(28(38,39)40)24-21-12-16(27(35,36)37)6-8-19(21)18-7-5-15(26(32,33)34)11-20(18)23(17)24/h1-12H. The highest BCUT2D eigenvalue weighted by atomic mass is 19.4. The molecule has 0 radical (unpaired) electrons. The Labute approximate surface area is 216 Å². The fraction of sp³-hybridized carbons (Fsp3) is 0.143. The fourth-order valence-corrected chi connectivity index (χ4v) is 4.80. The van der Waals surface area contributed by atoms with Gasteiger partial charge >= 0.3 is 24.7 Å². The van der Waals surface area contributed by atoms with Crippen molar-refractivity contribution in [3.63, 3.8) is 0 Å². The summed E-state index contributed by atoms with van der Waals surface area (Å²) < 4.78 is 164. The molecule has 0 nitrogen and oxygen atoms in total. The van der Waals surface area contributed by atoms with Crippen LogP contribution in [0.15, 0.2) is 72.8 Å². The van der Waals surface area contributed by atoms with Gasteiger partial charge in [0.2, 0.25) is 0 Å². The van der Waals surface area contributed by atoms with Gasteiger partial charge in [0, 0.05) is 5.39 Å².